The zero-order valence-electron chi connectivity index (χ0n) is 17.1. The van der Waals surface area contributed by atoms with Crippen LogP contribution in [-0.4, -0.2) is 65.3 Å². The fourth-order valence-electron chi connectivity index (χ4n) is 2.58. The van der Waals surface area contributed by atoms with Crippen molar-refractivity contribution >= 4 is 35.5 Å². The third kappa shape index (κ3) is 9.67. The quantitative estimate of drug-likeness (QED) is 0.158. The van der Waals surface area contributed by atoms with Gasteiger partial charge in [-0.05, 0) is 5.56 Å². The molecule has 13 nitrogen and oxygen atoms in total. The minimum absolute atomic E-state index is 0.0444. The molecule has 0 fully saturated rings. The summed E-state index contributed by atoms with van der Waals surface area (Å²) >= 11 is 0. The van der Waals surface area contributed by atoms with Crippen LogP contribution in [0.2, 0.25) is 0 Å². The number of hydrogen-bond acceptors (Lipinski definition) is 7. The van der Waals surface area contributed by atoms with Gasteiger partial charge in [-0.25, -0.2) is 4.79 Å². The molecular formula is C19H26N6O7. The van der Waals surface area contributed by atoms with Gasteiger partial charge in [0.25, 0.3) is 0 Å². The molecule has 0 aromatic heterocycles. The van der Waals surface area contributed by atoms with E-state index in [1.54, 1.807) is 30.3 Å². The van der Waals surface area contributed by atoms with Gasteiger partial charge in [0.15, 0.2) is 0 Å². The number of hydrogen-bond donors (Lipinski definition) is 7. The highest BCUT2D eigenvalue weighted by Gasteiger charge is 2.26. The Morgan fingerprint density at radius 3 is 1.97 bits per heavy atom. The van der Waals surface area contributed by atoms with Crippen molar-refractivity contribution in [1.82, 2.24) is 16.0 Å². The summed E-state index contributed by atoms with van der Waals surface area (Å²) in [5.41, 5.74) is 16.3. The van der Waals surface area contributed by atoms with E-state index in [1.165, 1.54) is 0 Å². The molecular weight excluding hydrogens is 424 g/mol. The number of benzene rings is 1. The normalized spacial score (nSPS) is 13.2. The average molecular weight is 450 g/mol. The molecule has 3 atom stereocenters. The molecule has 0 aliphatic rings. The number of carboxylic acids is 1. The van der Waals surface area contributed by atoms with Gasteiger partial charge in [-0.2, -0.15) is 0 Å². The zero-order valence-corrected chi connectivity index (χ0v) is 17.1. The summed E-state index contributed by atoms with van der Waals surface area (Å²) in [6.07, 6.45) is -1.01. The smallest absolute Gasteiger partial charge is 0.326 e. The van der Waals surface area contributed by atoms with E-state index >= 15 is 0 Å². The third-order valence-electron chi connectivity index (χ3n) is 4.14. The van der Waals surface area contributed by atoms with Gasteiger partial charge in [-0.3, -0.25) is 24.0 Å². The molecule has 0 saturated carbocycles. The summed E-state index contributed by atoms with van der Waals surface area (Å²) in [7, 11) is 0. The Morgan fingerprint density at radius 2 is 1.44 bits per heavy atom. The molecule has 32 heavy (non-hydrogen) atoms. The van der Waals surface area contributed by atoms with Gasteiger partial charge in [0, 0.05) is 6.42 Å². The lowest BCUT2D eigenvalue weighted by molar-refractivity contribution is -0.143. The Morgan fingerprint density at radius 1 is 0.844 bits per heavy atom. The van der Waals surface area contributed by atoms with Crippen molar-refractivity contribution in [3.05, 3.63) is 35.9 Å². The number of aliphatic carboxylic acids is 1. The molecule has 0 aliphatic carbocycles. The SMILES string of the molecule is NC(=O)C[C@H](NC(=O)CNC(=O)[C@H](Cc1ccccc1)NC(=O)[C@@H](N)CC(N)=O)C(=O)O. The maximum atomic E-state index is 12.6. The van der Waals surface area contributed by atoms with Crippen LogP contribution in [0.5, 0.6) is 0 Å². The molecule has 0 unspecified atom stereocenters. The predicted molar refractivity (Wildman–Crippen MR) is 110 cm³/mol. The summed E-state index contributed by atoms with van der Waals surface area (Å²) in [5, 5.41) is 15.8. The van der Waals surface area contributed by atoms with Crippen molar-refractivity contribution in [3.63, 3.8) is 0 Å². The second-order valence-electron chi connectivity index (χ2n) is 6.87. The molecule has 0 bridgehead atoms. The van der Waals surface area contributed by atoms with E-state index in [1.807, 2.05) is 0 Å². The minimum atomic E-state index is -1.55. The molecule has 0 spiro atoms. The van der Waals surface area contributed by atoms with Crippen LogP contribution < -0.4 is 33.2 Å². The van der Waals surface area contributed by atoms with E-state index in [9.17, 15) is 28.8 Å². The average Bonchev–Trinajstić information content (AvgIpc) is 2.70. The van der Waals surface area contributed by atoms with Gasteiger partial charge in [-0.1, -0.05) is 30.3 Å². The molecule has 0 radical (unpaired) electrons. The van der Waals surface area contributed by atoms with Crippen molar-refractivity contribution in [1.29, 1.82) is 0 Å². The molecule has 10 N–H and O–H groups in total. The van der Waals surface area contributed by atoms with Gasteiger partial charge >= 0.3 is 5.97 Å². The van der Waals surface area contributed by atoms with Crippen LogP contribution in [-0.2, 0) is 35.2 Å². The molecule has 1 aromatic carbocycles. The Balaban J connectivity index is 2.80. The summed E-state index contributed by atoms with van der Waals surface area (Å²) in [6, 6.07) is 4.66. The van der Waals surface area contributed by atoms with Crippen LogP contribution >= 0.6 is 0 Å². The molecule has 0 saturated heterocycles. The fourth-order valence-corrected chi connectivity index (χ4v) is 2.58. The highest BCUT2D eigenvalue weighted by atomic mass is 16.4. The van der Waals surface area contributed by atoms with E-state index in [2.05, 4.69) is 16.0 Å². The number of carbonyl (C=O) groups is 6. The predicted octanol–water partition coefficient (Wildman–Crippen LogP) is -3.52. The van der Waals surface area contributed by atoms with E-state index in [-0.39, 0.29) is 6.42 Å². The second kappa shape index (κ2) is 12.6. The van der Waals surface area contributed by atoms with Crippen molar-refractivity contribution in [2.75, 3.05) is 6.54 Å². The molecule has 1 rings (SSSR count). The van der Waals surface area contributed by atoms with Crippen LogP contribution in [0.4, 0.5) is 0 Å². The number of nitrogens with two attached hydrogens (primary N) is 3. The second-order valence-corrected chi connectivity index (χ2v) is 6.87. The largest absolute Gasteiger partial charge is 0.480 e. The lowest BCUT2D eigenvalue weighted by Crippen LogP contribution is -2.54. The lowest BCUT2D eigenvalue weighted by Gasteiger charge is -2.21. The lowest BCUT2D eigenvalue weighted by atomic mass is 10.0. The Bertz CT molecular complexity index is 861. The van der Waals surface area contributed by atoms with Crippen LogP contribution in [0, 0.1) is 0 Å². The van der Waals surface area contributed by atoms with Gasteiger partial charge in [0.05, 0.1) is 25.4 Å². The molecule has 1 aromatic rings. The number of amides is 5. The Labute approximate surface area is 183 Å². The maximum absolute atomic E-state index is 12.6. The zero-order chi connectivity index (χ0) is 24.3. The Kier molecular flexibility index (Phi) is 10.3. The number of rotatable bonds is 13. The molecule has 13 heteroatoms. The highest BCUT2D eigenvalue weighted by Crippen LogP contribution is 2.04. The first kappa shape index (κ1) is 26.0. The molecule has 0 aliphatic heterocycles. The summed E-state index contributed by atoms with van der Waals surface area (Å²) < 4.78 is 0. The summed E-state index contributed by atoms with van der Waals surface area (Å²) in [4.78, 5) is 69.8. The van der Waals surface area contributed by atoms with Crippen molar-refractivity contribution < 1.29 is 33.9 Å². The third-order valence-corrected chi connectivity index (χ3v) is 4.14. The molecule has 0 heterocycles. The van der Waals surface area contributed by atoms with Crippen molar-refractivity contribution in [2.45, 2.75) is 37.4 Å². The van der Waals surface area contributed by atoms with Crippen LogP contribution in [0.15, 0.2) is 30.3 Å². The summed E-state index contributed by atoms with van der Waals surface area (Å²) in [5.74, 6) is -5.64. The first-order valence-corrected chi connectivity index (χ1v) is 9.46. The molecule has 174 valence electrons. The number of nitrogens with one attached hydrogen (secondary N) is 3. The van der Waals surface area contributed by atoms with Crippen LogP contribution in [0.1, 0.15) is 18.4 Å². The van der Waals surface area contributed by atoms with Crippen LogP contribution in [0.3, 0.4) is 0 Å². The summed E-state index contributed by atoms with van der Waals surface area (Å²) in [6.45, 7) is -0.629. The first-order valence-electron chi connectivity index (χ1n) is 9.46. The number of carbonyl (C=O) groups excluding carboxylic acids is 5. The molecule has 5 amide bonds. The number of carboxylic acid groups (broad SMARTS) is 1. The van der Waals surface area contributed by atoms with Gasteiger partial charge in [0.1, 0.15) is 12.1 Å². The fraction of sp³-hybridized carbons (Fsp3) is 0.368. The van der Waals surface area contributed by atoms with Gasteiger partial charge in [-0.15, -0.1) is 0 Å². The van der Waals surface area contributed by atoms with Gasteiger partial charge < -0.3 is 38.3 Å². The topological polar surface area (TPSA) is 237 Å². The van der Waals surface area contributed by atoms with E-state index < -0.39 is 73.0 Å². The van der Waals surface area contributed by atoms with Gasteiger partial charge in [0.2, 0.25) is 29.5 Å². The van der Waals surface area contributed by atoms with Crippen molar-refractivity contribution in [3.8, 4) is 0 Å². The van der Waals surface area contributed by atoms with E-state index in [0.29, 0.717) is 5.56 Å². The standard InChI is InChI=1S/C19H26N6O7/c20-11(7-14(21)26)17(29)25-12(6-10-4-2-1-3-5-10)18(30)23-9-16(28)24-13(19(31)32)8-15(22)27/h1-5,11-13H,6-9,20H2,(H2,21,26)(H2,22,27)(H,23,30)(H,24,28)(H,25,29)(H,31,32)/t11-,12-,13-/m0/s1. The van der Waals surface area contributed by atoms with Crippen LogP contribution in [0.25, 0.3) is 0 Å². The van der Waals surface area contributed by atoms with E-state index in [4.69, 9.17) is 22.3 Å². The monoisotopic (exact) mass is 450 g/mol. The number of primary amides is 2. The maximum Gasteiger partial charge on any atom is 0.326 e. The minimum Gasteiger partial charge on any atom is -0.480 e. The van der Waals surface area contributed by atoms with E-state index in [0.717, 1.165) is 0 Å². The van der Waals surface area contributed by atoms with Crippen molar-refractivity contribution in [2.24, 2.45) is 17.2 Å². The Hall–Kier alpha value is -4.00. The first-order chi connectivity index (χ1) is 15.0. The highest BCUT2D eigenvalue weighted by molar-refractivity contribution is 5.94.